The summed E-state index contributed by atoms with van der Waals surface area (Å²) in [5, 5.41) is 3.58. The molecule has 0 bridgehead atoms. The fraction of sp³-hybridized carbons (Fsp3) is 0.643. The second-order valence-corrected chi connectivity index (χ2v) is 7.15. The van der Waals surface area contributed by atoms with Gasteiger partial charge in [0.2, 0.25) is 0 Å². The number of nitrogens with zero attached hydrogens (tertiary/aromatic N) is 1. The minimum atomic E-state index is -0.177. The molecule has 0 aliphatic carbocycles. The van der Waals surface area contributed by atoms with Crippen molar-refractivity contribution in [3.05, 3.63) is 20.3 Å². The van der Waals surface area contributed by atoms with Gasteiger partial charge in [-0.05, 0) is 48.7 Å². The van der Waals surface area contributed by atoms with Gasteiger partial charge in [0, 0.05) is 39.9 Å². The number of hydrogen-bond acceptors (Lipinski definition) is 4. The van der Waals surface area contributed by atoms with Gasteiger partial charge in [-0.3, -0.25) is 0 Å². The van der Waals surface area contributed by atoms with E-state index < -0.39 is 0 Å². The number of likely N-dealkylation sites (tertiary alicyclic amines) is 1. The Bertz CT molecular complexity index is 437. The standard InChI is InChI=1S/C14H21BrN2O2S/c1-3-19-14(18)17-6-4-11(5-7-17)16-9-12-8-13(15)10(2)20-12/h8,11,16H,3-7,9H2,1-2H3. The molecule has 112 valence electrons. The minimum Gasteiger partial charge on any atom is -0.450 e. The van der Waals surface area contributed by atoms with Crippen molar-refractivity contribution in [1.82, 2.24) is 10.2 Å². The molecular weight excluding hydrogens is 340 g/mol. The summed E-state index contributed by atoms with van der Waals surface area (Å²) in [6, 6.07) is 2.67. The lowest BCUT2D eigenvalue weighted by Gasteiger charge is -2.31. The van der Waals surface area contributed by atoms with E-state index in [1.165, 1.54) is 14.2 Å². The van der Waals surface area contributed by atoms with E-state index in [0.717, 1.165) is 32.5 Å². The number of piperidine rings is 1. The van der Waals surface area contributed by atoms with Crippen LogP contribution in [0.1, 0.15) is 29.5 Å². The van der Waals surface area contributed by atoms with E-state index in [-0.39, 0.29) is 6.09 Å². The van der Waals surface area contributed by atoms with Crippen molar-refractivity contribution in [3.8, 4) is 0 Å². The van der Waals surface area contributed by atoms with Gasteiger partial charge in [0.15, 0.2) is 0 Å². The SMILES string of the molecule is CCOC(=O)N1CCC(NCc2cc(Br)c(C)s2)CC1. The second kappa shape index (κ2) is 7.43. The Morgan fingerprint density at radius 1 is 1.55 bits per heavy atom. The molecule has 2 rings (SSSR count). The summed E-state index contributed by atoms with van der Waals surface area (Å²) in [7, 11) is 0. The van der Waals surface area contributed by atoms with E-state index in [9.17, 15) is 4.79 Å². The Morgan fingerprint density at radius 2 is 2.25 bits per heavy atom. The third kappa shape index (κ3) is 4.20. The first kappa shape index (κ1) is 15.8. The molecule has 20 heavy (non-hydrogen) atoms. The van der Waals surface area contributed by atoms with Gasteiger partial charge in [0.25, 0.3) is 0 Å². The van der Waals surface area contributed by atoms with E-state index in [1.54, 1.807) is 4.90 Å². The zero-order valence-corrected chi connectivity index (χ0v) is 14.3. The topological polar surface area (TPSA) is 41.6 Å². The van der Waals surface area contributed by atoms with Gasteiger partial charge in [-0.1, -0.05) is 0 Å². The monoisotopic (exact) mass is 360 g/mol. The lowest BCUT2D eigenvalue weighted by atomic mass is 10.1. The van der Waals surface area contributed by atoms with Gasteiger partial charge >= 0.3 is 6.09 Å². The number of halogens is 1. The molecule has 0 unspecified atom stereocenters. The Hall–Kier alpha value is -0.590. The molecule has 0 spiro atoms. The van der Waals surface area contributed by atoms with Crippen LogP contribution >= 0.6 is 27.3 Å². The maximum absolute atomic E-state index is 11.6. The first-order chi connectivity index (χ1) is 9.60. The minimum absolute atomic E-state index is 0.177. The number of thiophene rings is 1. The lowest BCUT2D eigenvalue weighted by molar-refractivity contribution is 0.0950. The summed E-state index contributed by atoms with van der Waals surface area (Å²) in [6.07, 6.45) is 1.80. The van der Waals surface area contributed by atoms with Crippen molar-refractivity contribution in [2.45, 2.75) is 39.3 Å². The van der Waals surface area contributed by atoms with Crippen LogP contribution < -0.4 is 5.32 Å². The van der Waals surface area contributed by atoms with Crippen LogP contribution in [0.15, 0.2) is 10.5 Å². The molecule has 1 aliphatic heterocycles. The number of hydrogen-bond donors (Lipinski definition) is 1. The summed E-state index contributed by atoms with van der Waals surface area (Å²) >= 11 is 5.37. The van der Waals surface area contributed by atoms with Crippen LogP contribution in [0, 0.1) is 6.92 Å². The largest absolute Gasteiger partial charge is 0.450 e. The molecule has 2 heterocycles. The molecule has 1 N–H and O–H groups in total. The number of aryl methyl sites for hydroxylation is 1. The fourth-order valence-electron chi connectivity index (χ4n) is 2.33. The van der Waals surface area contributed by atoms with Crippen LogP contribution in [0.3, 0.4) is 0 Å². The predicted molar refractivity (Wildman–Crippen MR) is 85.2 cm³/mol. The summed E-state index contributed by atoms with van der Waals surface area (Å²) in [5.74, 6) is 0. The number of carbonyl (C=O) groups is 1. The number of rotatable bonds is 4. The molecule has 1 aliphatic rings. The Kier molecular flexibility index (Phi) is 5.86. The van der Waals surface area contributed by atoms with Crippen LogP contribution in [0.2, 0.25) is 0 Å². The smallest absolute Gasteiger partial charge is 0.409 e. The Labute approximate surface area is 132 Å². The highest BCUT2D eigenvalue weighted by Crippen LogP contribution is 2.26. The highest BCUT2D eigenvalue weighted by molar-refractivity contribution is 9.10. The highest BCUT2D eigenvalue weighted by atomic mass is 79.9. The van der Waals surface area contributed by atoms with E-state index in [4.69, 9.17) is 4.74 Å². The zero-order chi connectivity index (χ0) is 14.5. The lowest BCUT2D eigenvalue weighted by Crippen LogP contribution is -2.44. The molecule has 6 heteroatoms. The normalized spacial score (nSPS) is 16.4. The van der Waals surface area contributed by atoms with Crippen molar-refractivity contribution >= 4 is 33.4 Å². The van der Waals surface area contributed by atoms with Gasteiger partial charge in [0.1, 0.15) is 0 Å². The van der Waals surface area contributed by atoms with E-state index in [1.807, 2.05) is 18.3 Å². The molecule has 1 aromatic rings. The molecule has 0 aromatic carbocycles. The van der Waals surface area contributed by atoms with Crippen molar-refractivity contribution in [3.63, 3.8) is 0 Å². The third-order valence-corrected chi connectivity index (χ3v) is 5.63. The molecule has 1 fully saturated rings. The Morgan fingerprint density at radius 3 is 2.80 bits per heavy atom. The summed E-state index contributed by atoms with van der Waals surface area (Å²) in [5.41, 5.74) is 0. The summed E-state index contributed by atoms with van der Waals surface area (Å²) in [6.45, 7) is 6.88. The number of nitrogens with one attached hydrogen (secondary N) is 1. The molecule has 1 saturated heterocycles. The third-order valence-electron chi connectivity index (χ3n) is 3.49. The average molecular weight is 361 g/mol. The number of carbonyl (C=O) groups excluding carboxylic acids is 1. The highest BCUT2D eigenvalue weighted by Gasteiger charge is 2.23. The average Bonchev–Trinajstić information content (AvgIpc) is 2.76. The van der Waals surface area contributed by atoms with Crippen LogP contribution in [0.25, 0.3) is 0 Å². The van der Waals surface area contributed by atoms with Gasteiger partial charge in [0.05, 0.1) is 6.61 Å². The first-order valence-electron chi connectivity index (χ1n) is 7.00. The van der Waals surface area contributed by atoms with Gasteiger partial charge in [-0.2, -0.15) is 0 Å². The molecule has 1 aromatic heterocycles. The predicted octanol–water partition coefficient (Wildman–Crippen LogP) is 3.53. The van der Waals surface area contributed by atoms with E-state index >= 15 is 0 Å². The van der Waals surface area contributed by atoms with Crippen LogP contribution in [-0.4, -0.2) is 36.7 Å². The zero-order valence-electron chi connectivity index (χ0n) is 11.9. The summed E-state index contributed by atoms with van der Waals surface area (Å²) < 4.78 is 6.22. The summed E-state index contributed by atoms with van der Waals surface area (Å²) in [4.78, 5) is 16.1. The van der Waals surface area contributed by atoms with Crippen molar-refractivity contribution in [2.75, 3.05) is 19.7 Å². The van der Waals surface area contributed by atoms with Crippen LogP contribution in [0.5, 0.6) is 0 Å². The van der Waals surface area contributed by atoms with Crippen molar-refractivity contribution in [2.24, 2.45) is 0 Å². The first-order valence-corrected chi connectivity index (χ1v) is 8.61. The molecule has 4 nitrogen and oxygen atoms in total. The number of amides is 1. The quantitative estimate of drug-likeness (QED) is 0.892. The van der Waals surface area contributed by atoms with Crippen molar-refractivity contribution in [1.29, 1.82) is 0 Å². The van der Waals surface area contributed by atoms with Gasteiger partial charge < -0.3 is 15.0 Å². The number of ether oxygens (including phenoxy) is 1. The van der Waals surface area contributed by atoms with Crippen LogP contribution in [0.4, 0.5) is 4.79 Å². The molecule has 1 amide bonds. The van der Waals surface area contributed by atoms with Gasteiger partial charge in [-0.15, -0.1) is 11.3 Å². The molecule has 0 atom stereocenters. The van der Waals surface area contributed by atoms with Gasteiger partial charge in [-0.25, -0.2) is 4.79 Å². The fourth-order valence-corrected chi connectivity index (χ4v) is 3.88. The maximum Gasteiger partial charge on any atom is 0.409 e. The molecular formula is C14H21BrN2O2S. The molecule has 0 saturated carbocycles. The second-order valence-electron chi connectivity index (χ2n) is 4.96. The maximum atomic E-state index is 11.6. The Balaban J connectivity index is 1.73. The van der Waals surface area contributed by atoms with E-state index in [2.05, 4.69) is 34.2 Å². The molecule has 0 radical (unpaired) electrons. The van der Waals surface area contributed by atoms with E-state index in [0.29, 0.717) is 12.6 Å². The van der Waals surface area contributed by atoms with Crippen molar-refractivity contribution < 1.29 is 9.53 Å². The van der Waals surface area contributed by atoms with Crippen LogP contribution in [-0.2, 0) is 11.3 Å².